The number of hydrogen-bond donors (Lipinski definition) is 0. The fourth-order valence-electron chi connectivity index (χ4n) is 2.64. The van der Waals surface area contributed by atoms with Gasteiger partial charge in [-0.25, -0.2) is 0 Å². The Morgan fingerprint density at radius 1 is 0.500 bits per heavy atom. The van der Waals surface area contributed by atoms with Gasteiger partial charge in [0.25, 0.3) is 0 Å². The minimum absolute atomic E-state index is 0. The van der Waals surface area contributed by atoms with Crippen LogP contribution in [0.15, 0.2) is 0 Å². The van der Waals surface area contributed by atoms with Crippen LogP contribution in [-0.2, 0) is 19.5 Å². The maximum atomic E-state index is 2.33. The first-order valence-corrected chi connectivity index (χ1v) is 8.09. The Morgan fingerprint density at radius 3 is 0.889 bits per heavy atom. The predicted octanol–water partition coefficient (Wildman–Crippen LogP) is 5.00. The van der Waals surface area contributed by atoms with Crippen LogP contribution in [0.5, 0.6) is 0 Å². The standard InChI is InChI=1S/C16H36N.Ru/c1-5-9-13-17(14-10-6-2,15-11-7-3)16-12-8-4;/h5-16H2,1-4H3;/q+1;+4. The van der Waals surface area contributed by atoms with E-state index in [4.69, 9.17) is 0 Å². The van der Waals surface area contributed by atoms with Gasteiger partial charge in [-0.1, -0.05) is 53.4 Å². The van der Waals surface area contributed by atoms with E-state index in [1.54, 1.807) is 0 Å². The van der Waals surface area contributed by atoms with Gasteiger partial charge in [0, 0.05) is 0 Å². The van der Waals surface area contributed by atoms with Crippen molar-refractivity contribution in [1.82, 2.24) is 0 Å². The molecule has 18 heavy (non-hydrogen) atoms. The minimum atomic E-state index is 0. The largest absolute Gasteiger partial charge is 4.00 e. The molecule has 108 valence electrons. The summed E-state index contributed by atoms with van der Waals surface area (Å²) in [6.45, 7) is 15.0. The predicted molar refractivity (Wildman–Crippen MR) is 79.4 cm³/mol. The topological polar surface area (TPSA) is 0 Å². The van der Waals surface area contributed by atoms with Crippen molar-refractivity contribution >= 4 is 0 Å². The normalized spacial score (nSPS) is 11.3. The quantitative estimate of drug-likeness (QED) is 0.345. The van der Waals surface area contributed by atoms with Crippen LogP contribution in [-0.4, -0.2) is 30.7 Å². The van der Waals surface area contributed by atoms with E-state index >= 15 is 0 Å². The number of nitrogens with zero attached hydrogens (tertiary/aromatic N) is 1. The molecule has 0 aliphatic rings. The van der Waals surface area contributed by atoms with Crippen molar-refractivity contribution in [2.75, 3.05) is 26.2 Å². The summed E-state index contributed by atoms with van der Waals surface area (Å²) in [6.07, 6.45) is 11.1. The van der Waals surface area contributed by atoms with Gasteiger partial charge in [-0.15, -0.1) is 0 Å². The zero-order chi connectivity index (χ0) is 13.0. The Morgan fingerprint density at radius 2 is 0.722 bits per heavy atom. The van der Waals surface area contributed by atoms with Gasteiger partial charge in [0.1, 0.15) is 0 Å². The van der Waals surface area contributed by atoms with Crippen molar-refractivity contribution in [2.45, 2.75) is 79.1 Å². The van der Waals surface area contributed by atoms with Gasteiger partial charge < -0.3 is 4.48 Å². The van der Waals surface area contributed by atoms with Gasteiger partial charge in [-0.05, 0) is 25.7 Å². The summed E-state index contributed by atoms with van der Waals surface area (Å²) in [4.78, 5) is 0. The molecule has 0 aromatic heterocycles. The van der Waals surface area contributed by atoms with Gasteiger partial charge in [-0.3, -0.25) is 0 Å². The molecule has 0 saturated carbocycles. The molecule has 0 aromatic rings. The molecule has 2 heteroatoms. The molecule has 0 aliphatic heterocycles. The van der Waals surface area contributed by atoms with Crippen LogP contribution < -0.4 is 0 Å². The first-order chi connectivity index (χ1) is 8.24. The van der Waals surface area contributed by atoms with Crippen LogP contribution in [0.2, 0.25) is 0 Å². The van der Waals surface area contributed by atoms with Crippen molar-refractivity contribution in [2.24, 2.45) is 0 Å². The Labute approximate surface area is 129 Å². The summed E-state index contributed by atoms with van der Waals surface area (Å²) in [6, 6.07) is 0. The van der Waals surface area contributed by atoms with E-state index in [9.17, 15) is 0 Å². The molecule has 1 nitrogen and oxygen atoms in total. The number of rotatable bonds is 12. The summed E-state index contributed by atoms with van der Waals surface area (Å²) < 4.78 is 1.42. The number of unbranched alkanes of at least 4 members (excludes halogenated alkanes) is 4. The Balaban J connectivity index is 0. The fraction of sp³-hybridized carbons (Fsp3) is 1.00. The van der Waals surface area contributed by atoms with Crippen molar-refractivity contribution in [3.63, 3.8) is 0 Å². The van der Waals surface area contributed by atoms with Gasteiger partial charge in [0.2, 0.25) is 0 Å². The summed E-state index contributed by atoms with van der Waals surface area (Å²) >= 11 is 0. The maximum absolute atomic E-state index is 2.33. The minimum Gasteiger partial charge on any atom is -0.324 e. The van der Waals surface area contributed by atoms with E-state index in [2.05, 4.69) is 27.7 Å². The molecule has 0 heterocycles. The van der Waals surface area contributed by atoms with Crippen LogP contribution in [0.1, 0.15) is 79.1 Å². The molecular weight excluding hydrogens is 307 g/mol. The maximum Gasteiger partial charge on any atom is 4.00 e. The molecule has 0 unspecified atom stereocenters. The Kier molecular flexibility index (Phi) is 16.3. The molecule has 0 rings (SSSR count). The van der Waals surface area contributed by atoms with Gasteiger partial charge in [-0.2, -0.15) is 0 Å². The van der Waals surface area contributed by atoms with Crippen LogP contribution in [0, 0.1) is 0 Å². The molecule has 0 saturated heterocycles. The van der Waals surface area contributed by atoms with Crippen LogP contribution in [0.25, 0.3) is 0 Å². The summed E-state index contributed by atoms with van der Waals surface area (Å²) in [5, 5.41) is 0. The Bertz CT molecular complexity index is 122. The third-order valence-corrected chi connectivity index (χ3v) is 3.94. The molecular formula is C16H36NRu+5. The monoisotopic (exact) mass is 344 g/mol. The smallest absolute Gasteiger partial charge is 0.324 e. The summed E-state index contributed by atoms with van der Waals surface area (Å²) in [5.74, 6) is 0. The average molecular weight is 344 g/mol. The number of quaternary nitrogens is 1. The van der Waals surface area contributed by atoms with Crippen LogP contribution in [0.3, 0.4) is 0 Å². The average Bonchev–Trinajstić information content (AvgIpc) is 2.37. The SMILES string of the molecule is CCCC[N+](CCCC)(CCCC)CCCC.[Ru+4]. The third-order valence-electron chi connectivity index (χ3n) is 3.94. The van der Waals surface area contributed by atoms with E-state index in [0.29, 0.717) is 0 Å². The van der Waals surface area contributed by atoms with Crippen LogP contribution >= 0.6 is 0 Å². The first kappa shape index (κ1) is 20.9. The zero-order valence-corrected chi connectivity index (χ0v) is 15.0. The van der Waals surface area contributed by atoms with Gasteiger partial charge in [0.05, 0.1) is 26.2 Å². The van der Waals surface area contributed by atoms with E-state index in [0.717, 1.165) is 0 Å². The molecule has 0 spiro atoms. The van der Waals surface area contributed by atoms with E-state index in [-0.39, 0.29) is 19.5 Å². The van der Waals surface area contributed by atoms with Gasteiger partial charge in [0.15, 0.2) is 0 Å². The summed E-state index contributed by atoms with van der Waals surface area (Å²) in [7, 11) is 0. The molecule has 0 aromatic carbocycles. The summed E-state index contributed by atoms with van der Waals surface area (Å²) in [5.41, 5.74) is 0. The van der Waals surface area contributed by atoms with Gasteiger partial charge >= 0.3 is 19.5 Å². The fourth-order valence-corrected chi connectivity index (χ4v) is 2.64. The van der Waals surface area contributed by atoms with Crippen molar-refractivity contribution in [3.05, 3.63) is 0 Å². The third kappa shape index (κ3) is 9.51. The van der Waals surface area contributed by atoms with Crippen molar-refractivity contribution in [3.8, 4) is 0 Å². The van der Waals surface area contributed by atoms with E-state index < -0.39 is 0 Å². The molecule has 0 atom stereocenters. The van der Waals surface area contributed by atoms with Crippen LogP contribution in [0.4, 0.5) is 0 Å². The molecule has 0 aliphatic carbocycles. The van der Waals surface area contributed by atoms with E-state index in [1.165, 1.54) is 82.0 Å². The Hall–Kier alpha value is 0.583. The second kappa shape index (κ2) is 14.0. The molecule has 0 radical (unpaired) electrons. The second-order valence-electron chi connectivity index (χ2n) is 5.65. The first-order valence-electron chi connectivity index (χ1n) is 8.09. The van der Waals surface area contributed by atoms with E-state index in [1.807, 2.05) is 0 Å². The molecule has 0 N–H and O–H groups in total. The zero-order valence-electron chi connectivity index (χ0n) is 13.3. The molecule has 0 amide bonds. The van der Waals surface area contributed by atoms with Crippen molar-refractivity contribution < 1.29 is 24.0 Å². The van der Waals surface area contributed by atoms with Crippen molar-refractivity contribution in [1.29, 1.82) is 0 Å². The molecule has 0 bridgehead atoms. The second-order valence-corrected chi connectivity index (χ2v) is 5.65. The molecule has 0 fully saturated rings. The number of hydrogen-bond acceptors (Lipinski definition) is 0.